The highest BCUT2D eigenvalue weighted by atomic mass is 16.5. The fraction of sp³-hybridized carbons (Fsp3) is 0.222. The molecule has 0 unspecified atom stereocenters. The number of methoxy groups -OCH3 is 1. The van der Waals surface area contributed by atoms with E-state index < -0.39 is 12.0 Å². The lowest BCUT2D eigenvalue weighted by atomic mass is 10.0. The first-order chi connectivity index (χ1) is 18.3. The normalized spacial score (nSPS) is 12.8. The zero-order valence-corrected chi connectivity index (χ0v) is 21.3. The third kappa shape index (κ3) is 4.38. The Morgan fingerprint density at radius 3 is 2.37 bits per heavy atom. The van der Waals surface area contributed by atoms with Gasteiger partial charge in [-0.1, -0.05) is 17.7 Å². The van der Waals surface area contributed by atoms with Crippen LogP contribution in [0.2, 0.25) is 0 Å². The molecule has 0 fully saturated rings. The highest BCUT2D eigenvalue weighted by molar-refractivity contribution is 6.09. The standard InChI is InChI=1S/C27H27N7O4/c1-17-4-6-20(7-5-17)34-24-21(23(30-34)25(28)35)12-14-33(26(24)36)19-10-8-18(9-11-19)32-15-13-29-22(32)16-31(2)27(37)38-3/h4-11,13,15H,12,14,16H2,1-3H3,(H2,28,35). The minimum atomic E-state index is -0.660. The summed E-state index contributed by atoms with van der Waals surface area (Å²) in [6.07, 6.45) is 3.45. The molecule has 0 radical (unpaired) electrons. The number of hydrogen-bond donors (Lipinski definition) is 1. The van der Waals surface area contributed by atoms with E-state index in [-0.39, 0.29) is 18.1 Å². The summed E-state index contributed by atoms with van der Waals surface area (Å²) < 4.78 is 8.13. The van der Waals surface area contributed by atoms with E-state index in [0.29, 0.717) is 41.4 Å². The number of anilines is 1. The number of carbonyl (C=O) groups is 3. The van der Waals surface area contributed by atoms with Crippen molar-refractivity contribution in [3.63, 3.8) is 0 Å². The highest BCUT2D eigenvalue weighted by Gasteiger charge is 2.34. The molecule has 0 saturated carbocycles. The van der Waals surface area contributed by atoms with Crippen LogP contribution in [0.15, 0.2) is 60.9 Å². The molecular formula is C27H27N7O4. The predicted octanol–water partition coefficient (Wildman–Crippen LogP) is 2.87. The van der Waals surface area contributed by atoms with Crippen LogP contribution >= 0.6 is 0 Å². The van der Waals surface area contributed by atoms with E-state index in [0.717, 1.165) is 11.3 Å². The van der Waals surface area contributed by atoms with E-state index in [4.69, 9.17) is 10.5 Å². The van der Waals surface area contributed by atoms with Gasteiger partial charge in [0.2, 0.25) is 0 Å². The molecule has 0 spiro atoms. The van der Waals surface area contributed by atoms with Crippen molar-refractivity contribution in [2.45, 2.75) is 19.9 Å². The van der Waals surface area contributed by atoms with Crippen LogP contribution < -0.4 is 10.6 Å². The number of ether oxygens (including phenoxy) is 1. The van der Waals surface area contributed by atoms with Gasteiger partial charge in [-0.2, -0.15) is 5.10 Å². The molecule has 2 aromatic heterocycles. The van der Waals surface area contributed by atoms with Gasteiger partial charge in [0, 0.05) is 42.9 Å². The molecule has 0 atom stereocenters. The molecule has 194 valence electrons. The van der Waals surface area contributed by atoms with E-state index in [1.807, 2.05) is 60.0 Å². The Morgan fingerprint density at radius 2 is 1.71 bits per heavy atom. The first kappa shape index (κ1) is 24.8. The Hall–Kier alpha value is -4.93. The van der Waals surface area contributed by atoms with Crippen molar-refractivity contribution in [2.24, 2.45) is 5.73 Å². The number of nitrogens with zero attached hydrogens (tertiary/aromatic N) is 6. The maximum Gasteiger partial charge on any atom is 0.409 e. The second kappa shape index (κ2) is 9.85. The average molecular weight is 514 g/mol. The van der Waals surface area contributed by atoms with Crippen LogP contribution in [0, 0.1) is 6.92 Å². The zero-order valence-electron chi connectivity index (χ0n) is 21.3. The molecule has 3 heterocycles. The molecule has 3 amide bonds. The summed E-state index contributed by atoms with van der Waals surface area (Å²) in [7, 11) is 2.96. The minimum absolute atomic E-state index is 0.119. The van der Waals surface area contributed by atoms with Crippen molar-refractivity contribution >= 4 is 23.6 Å². The topological polar surface area (TPSA) is 129 Å². The lowest BCUT2D eigenvalue weighted by Crippen LogP contribution is -2.39. The molecule has 11 heteroatoms. The molecular weight excluding hydrogens is 486 g/mol. The third-order valence-electron chi connectivity index (χ3n) is 6.55. The van der Waals surface area contributed by atoms with Crippen molar-refractivity contribution in [1.82, 2.24) is 24.2 Å². The number of primary amides is 1. The number of amides is 3. The first-order valence-electron chi connectivity index (χ1n) is 12.0. The second-order valence-corrected chi connectivity index (χ2v) is 9.05. The Bertz CT molecular complexity index is 1520. The lowest BCUT2D eigenvalue weighted by Gasteiger charge is -2.28. The smallest absolute Gasteiger partial charge is 0.409 e. The van der Waals surface area contributed by atoms with Crippen LogP contribution in [0.25, 0.3) is 11.4 Å². The number of hydrogen-bond acceptors (Lipinski definition) is 6. The van der Waals surface area contributed by atoms with Gasteiger partial charge in [-0.05, 0) is 49.7 Å². The monoisotopic (exact) mass is 513 g/mol. The number of rotatable bonds is 6. The van der Waals surface area contributed by atoms with Crippen LogP contribution in [0.4, 0.5) is 10.5 Å². The Morgan fingerprint density at radius 1 is 1.05 bits per heavy atom. The van der Waals surface area contributed by atoms with Crippen molar-refractivity contribution in [3.8, 4) is 11.4 Å². The van der Waals surface area contributed by atoms with Crippen molar-refractivity contribution in [1.29, 1.82) is 0 Å². The van der Waals surface area contributed by atoms with Gasteiger partial charge in [-0.3, -0.25) is 9.59 Å². The molecule has 0 aliphatic carbocycles. The van der Waals surface area contributed by atoms with Gasteiger partial charge in [0.05, 0.1) is 19.3 Å². The summed E-state index contributed by atoms with van der Waals surface area (Å²) in [5, 5.41) is 4.42. The molecule has 2 aromatic carbocycles. The molecule has 4 aromatic rings. The van der Waals surface area contributed by atoms with Crippen LogP contribution in [-0.4, -0.2) is 62.8 Å². The number of fused-ring (bicyclic) bond motifs is 1. The van der Waals surface area contributed by atoms with Crippen molar-refractivity contribution in [3.05, 3.63) is 89.3 Å². The Balaban J connectivity index is 1.45. The quantitative estimate of drug-likeness (QED) is 0.422. The minimum Gasteiger partial charge on any atom is -0.453 e. The van der Waals surface area contributed by atoms with Crippen molar-refractivity contribution in [2.75, 3.05) is 25.6 Å². The molecule has 5 rings (SSSR count). The molecule has 0 bridgehead atoms. The van der Waals surface area contributed by atoms with Crippen molar-refractivity contribution < 1.29 is 19.1 Å². The number of aromatic nitrogens is 4. The van der Waals surface area contributed by atoms with E-state index in [2.05, 4.69) is 10.1 Å². The van der Waals surface area contributed by atoms with Gasteiger partial charge in [0.25, 0.3) is 11.8 Å². The summed E-state index contributed by atoms with van der Waals surface area (Å²) in [6, 6.07) is 15.0. The summed E-state index contributed by atoms with van der Waals surface area (Å²) >= 11 is 0. The van der Waals surface area contributed by atoms with E-state index >= 15 is 0 Å². The molecule has 2 N–H and O–H groups in total. The number of carbonyl (C=O) groups excluding carboxylic acids is 3. The average Bonchev–Trinajstić information content (AvgIpc) is 3.54. The first-order valence-corrected chi connectivity index (χ1v) is 12.0. The highest BCUT2D eigenvalue weighted by Crippen LogP contribution is 2.29. The summed E-state index contributed by atoms with van der Waals surface area (Å²) in [6.45, 7) is 2.61. The van der Waals surface area contributed by atoms with Crippen LogP contribution in [0.1, 0.15) is 37.9 Å². The van der Waals surface area contributed by atoms with Crippen LogP contribution in [-0.2, 0) is 17.7 Å². The fourth-order valence-electron chi connectivity index (χ4n) is 4.59. The summed E-state index contributed by atoms with van der Waals surface area (Å²) in [5.74, 6) is -0.264. The number of aryl methyl sites for hydroxylation is 1. The van der Waals surface area contributed by atoms with Crippen LogP contribution in [0.5, 0.6) is 0 Å². The van der Waals surface area contributed by atoms with E-state index in [9.17, 15) is 14.4 Å². The third-order valence-corrected chi connectivity index (χ3v) is 6.55. The van der Waals surface area contributed by atoms with Gasteiger partial charge in [0.1, 0.15) is 11.5 Å². The maximum atomic E-state index is 13.7. The number of nitrogens with two attached hydrogens (primary N) is 1. The number of imidazole rings is 1. The van der Waals surface area contributed by atoms with Gasteiger partial charge in [0.15, 0.2) is 5.69 Å². The SMILES string of the molecule is COC(=O)N(C)Cc1nccn1-c1ccc(N2CCc3c(C(N)=O)nn(-c4ccc(C)cc4)c3C2=O)cc1. The molecule has 1 aliphatic heterocycles. The molecule has 0 saturated heterocycles. The molecule has 38 heavy (non-hydrogen) atoms. The Labute approximate surface area is 219 Å². The zero-order chi connectivity index (χ0) is 27.0. The predicted molar refractivity (Wildman–Crippen MR) is 140 cm³/mol. The van der Waals surface area contributed by atoms with Crippen LogP contribution in [0.3, 0.4) is 0 Å². The number of benzene rings is 2. The summed E-state index contributed by atoms with van der Waals surface area (Å²) in [4.78, 5) is 45.1. The Kier molecular flexibility index (Phi) is 6.41. The molecule has 11 nitrogen and oxygen atoms in total. The largest absolute Gasteiger partial charge is 0.453 e. The van der Waals surface area contributed by atoms with Gasteiger partial charge in [-0.25, -0.2) is 14.5 Å². The van der Waals surface area contributed by atoms with Gasteiger partial charge >= 0.3 is 6.09 Å². The molecule has 1 aliphatic rings. The lowest BCUT2D eigenvalue weighted by molar-refractivity contribution is 0.0972. The second-order valence-electron chi connectivity index (χ2n) is 9.05. The maximum absolute atomic E-state index is 13.7. The van der Waals surface area contributed by atoms with Gasteiger partial charge < -0.3 is 24.8 Å². The fourth-order valence-corrected chi connectivity index (χ4v) is 4.59. The summed E-state index contributed by atoms with van der Waals surface area (Å²) in [5.41, 5.74) is 9.88. The van der Waals surface area contributed by atoms with E-state index in [1.165, 1.54) is 16.7 Å². The van der Waals surface area contributed by atoms with E-state index in [1.54, 1.807) is 24.3 Å². The van der Waals surface area contributed by atoms with Gasteiger partial charge in [-0.15, -0.1) is 0 Å².